The van der Waals surface area contributed by atoms with E-state index in [0.29, 0.717) is 5.75 Å². The minimum atomic E-state index is -0.719. The van der Waals surface area contributed by atoms with Crippen LogP contribution < -0.4 is 5.73 Å². The quantitative estimate of drug-likeness (QED) is 0.619. The summed E-state index contributed by atoms with van der Waals surface area (Å²) in [5.74, 6) is 0.670. The molecule has 0 amide bonds. The molecule has 3 N–H and O–H groups in total. The van der Waals surface area contributed by atoms with Crippen molar-refractivity contribution in [1.82, 2.24) is 0 Å². The number of nitrogens with two attached hydrogens (primary N) is 1. The summed E-state index contributed by atoms with van der Waals surface area (Å²) >= 11 is 1.66. The van der Waals surface area contributed by atoms with Crippen LogP contribution in [-0.2, 0) is 4.79 Å². The van der Waals surface area contributed by atoms with Crippen LogP contribution in [0.25, 0.3) is 0 Å². The van der Waals surface area contributed by atoms with E-state index in [-0.39, 0.29) is 12.0 Å². The molecule has 0 heterocycles. The minimum Gasteiger partial charge on any atom is -0.481 e. The molecule has 0 rings (SSSR count). The van der Waals surface area contributed by atoms with E-state index in [2.05, 4.69) is 0 Å². The number of carboxylic acid groups (broad SMARTS) is 1. The maximum absolute atomic E-state index is 10.4. The Morgan fingerprint density at radius 2 is 2.17 bits per heavy atom. The van der Waals surface area contributed by atoms with Gasteiger partial charge in [-0.15, -0.1) is 0 Å². The van der Waals surface area contributed by atoms with Gasteiger partial charge in [-0.2, -0.15) is 11.8 Å². The van der Waals surface area contributed by atoms with Crippen molar-refractivity contribution >= 4 is 17.7 Å². The second-order valence-corrected chi connectivity index (χ2v) is 4.23. The van der Waals surface area contributed by atoms with E-state index < -0.39 is 5.97 Å². The molecular formula is C8H17NO2S. The lowest BCUT2D eigenvalue weighted by molar-refractivity contribution is -0.140. The van der Waals surface area contributed by atoms with Crippen molar-refractivity contribution in [1.29, 1.82) is 0 Å². The summed E-state index contributed by atoms with van der Waals surface area (Å²) in [7, 11) is 0. The summed E-state index contributed by atoms with van der Waals surface area (Å²) < 4.78 is 0. The lowest BCUT2D eigenvalue weighted by atomic mass is 10.2. The molecule has 0 radical (unpaired) electrons. The normalized spacial score (nSPS) is 15.6. The first kappa shape index (κ1) is 11.8. The summed E-state index contributed by atoms with van der Waals surface area (Å²) in [6, 6.07) is 0.220. The molecule has 0 aliphatic rings. The molecule has 4 heteroatoms. The number of hydrogen-bond acceptors (Lipinski definition) is 3. The molecule has 0 aromatic carbocycles. The Balaban J connectivity index is 3.25. The molecule has 0 aromatic rings. The Morgan fingerprint density at radius 3 is 2.58 bits per heavy atom. The molecule has 0 spiro atoms. The molecule has 0 saturated heterocycles. The lowest BCUT2D eigenvalue weighted by Crippen LogP contribution is -2.16. The van der Waals surface area contributed by atoms with Crippen molar-refractivity contribution < 1.29 is 9.90 Å². The van der Waals surface area contributed by atoms with E-state index in [0.717, 1.165) is 12.2 Å². The zero-order chi connectivity index (χ0) is 9.56. The average Bonchev–Trinajstić information content (AvgIpc) is 1.97. The second-order valence-electron chi connectivity index (χ2n) is 3.08. The standard InChI is InChI=1S/C8H17NO2S/c1-6(8(10)11)5-12-4-3-7(2)9/h6-7H,3-5,9H2,1-2H3,(H,10,11). The molecule has 12 heavy (non-hydrogen) atoms. The Bertz CT molecular complexity index is 139. The van der Waals surface area contributed by atoms with E-state index in [4.69, 9.17) is 10.8 Å². The monoisotopic (exact) mass is 191 g/mol. The van der Waals surface area contributed by atoms with Crippen LogP contribution in [0.5, 0.6) is 0 Å². The van der Waals surface area contributed by atoms with Crippen LogP contribution in [0.3, 0.4) is 0 Å². The van der Waals surface area contributed by atoms with E-state index in [1.807, 2.05) is 6.92 Å². The van der Waals surface area contributed by atoms with Crippen LogP contribution in [0.15, 0.2) is 0 Å². The van der Waals surface area contributed by atoms with Crippen LogP contribution in [0.2, 0.25) is 0 Å². The summed E-state index contributed by atoms with van der Waals surface area (Å²) in [4.78, 5) is 10.4. The molecule has 0 aliphatic carbocycles. The van der Waals surface area contributed by atoms with Crippen LogP contribution >= 0.6 is 11.8 Å². The van der Waals surface area contributed by atoms with Gasteiger partial charge in [0.2, 0.25) is 0 Å². The van der Waals surface area contributed by atoms with Crippen LogP contribution in [0.4, 0.5) is 0 Å². The third kappa shape index (κ3) is 6.49. The van der Waals surface area contributed by atoms with Gasteiger partial charge in [-0.1, -0.05) is 6.92 Å². The van der Waals surface area contributed by atoms with Crippen molar-refractivity contribution in [2.45, 2.75) is 26.3 Å². The molecule has 0 saturated carbocycles. The number of aliphatic carboxylic acids is 1. The topological polar surface area (TPSA) is 63.3 Å². The highest BCUT2D eigenvalue weighted by Crippen LogP contribution is 2.10. The number of carbonyl (C=O) groups is 1. The number of carboxylic acids is 1. The zero-order valence-electron chi connectivity index (χ0n) is 7.62. The van der Waals surface area contributed by atoms with Gasteiger partial charge in [0, 0.05) is 11.8 Å². The first-order valence-corrected chi connectivity index (χ1v) is 5.25. The predicted octanol–water partition coefficient (Wildman–Crippen LogP) is 1.18. The van der Waals surface area contributed by atoms with Crippen molar-refractivity contribution in [2.24, 2.45) is 11.7 Å². The molecule has 2 unspecified atom stereocenters. The second kappa shape index (κ2) is 6.31. The van der Waals surface area contributed by atoms with E-state index >= 15 is 0 Å². The first-order valence-electron chi connectivity index (χ1n) is 4.10. The number of thioether (sulfide) groups is 1. The zero-order valence-corrected chi connectivity index (χ0v) is 8.43. The highest BCUT2D eigenvalue weighted by molar-refractivity contribution is 7.99. The van der Waals surface area contributed by atoms with Gasteiger partial charge < -0.3 is 10.8 Å². The van der Waals surface area contributed by atoms with Crippen molar-refractivity contribution in [2.75, 3.05) is 11.5 Å². The smallest absolute Gasteiger partial charge is 0.307 e. The summed E-state index contributed by atoms with van der Waals surface area (Å²) in [5, 5.41) is 8.55. The van der Waals surface area contributed by atoms with Crippen LogP contribution in [0.1, 0.15) is 20.3 Å². The van der Waals surface area contributed by atoms with Gasteiger partial charge in [0.1, 0.15) is 0 Å². The summed E-state index contributed by atoms with van der Waals surface area (Å²) in [6.45, 7) is 3.68. The Hall–Kier alpha value is -0.220. The van der Waals surface area contributed by atoms with Crippen molar-refractivity contribution in [3.63, 3.8) is 0 Å². The molecule has 0 aromatic heterocycles. The molecule has 3 nitrogen and oxygen atoms in total. The third-order valence-electron chi connectivity index (χ3n) is 1.51. The van der Waals surface area contributed by atoms with Crippen molar-refractivity contribution in [3.05, 3.63) is 0 Å². The van der Waals surface area contributed by atoms with Crippen LogP contribution in [0, 0.1) is 5.92 Å². The van der Waals surface area contributed by atoms with Crippen LogP contribution in [-0.4, -0.2) is 28.6 Å². The molecule has 72 valence electrons. The number of rotatable bonds is 6. The molecular weight excluding hydrogens is 174 g/mol. The molecule has 0 fully saturated rings. The van der Waals surface area contributed by atoms with Gasteiger partial charge in [-0.05, 0) is 19.1 Å². The molecule has 2 atom stereocenters. The fraction of sp³-hybridized carbons (Fsp3) is 0.875. The minimum absolute atomic E-state index is 0.220. The first-order chi connectivity index (χ1) is 5.54. The van der Waals surface area contributed by atoms with E-state index in [1.54, 1.807) is 18.7 Å². The maximum atomic E-state index is 10.4. The Morgan fingerprint density at radius 1 is 1.58 bits per heavy atom. The largest absolute Gasteiger partial charge is 0.481 e. The Kier molecular flexibility index (Phi) is 6.20. The van der Waals surface area contributed by atoms with E-state index in [1.165, 1.54) is 0 Å². The van der Waals surface area contributed by atoms with Gasteiger partial charge in [-0.3, -0.25) is 4.79 Å². The highest BCUT2D eigenvalue weighted by atomic mass is 32.2. The van der Waals surface area contributed by atoms with Gasteiger partial charge in [0.25, 0.3) is 0 Å². The van der Waals surface area contributed by atoms with E-state index in [9.17, 15) is 4.79 Å². The van der Waals surface area contributed by atoms with Gasteiger partial charge in [0.15, 0.2) is 0 Å². The number of hydrogen-bond donors (Lipinski definition) is 2. The predicted molar refractivity (Wildman–Crippen MR) is 52.4 cm³/mol. The third-order valence-corrected chi connectivity index (χ3v) is 2.77. The maximum Gasteiger partial charge on any atom is 0.307 e. The summed E-state index contributed by atoms with van der Waals surface area (Å²) in [6.07, 6.45) is 0.955. The van der Waals surface area contributed by atoms with Gasteiger partial charge in [0.05, 0.1) is 5.92 Å². The summed E-state index contributed by atoms with van der Waals surface area (Å²) in [5.41, 5.74) is 5.54. The molecule has 0 aliphatic heterocycles. The van der Waals surface area contributed by atoms with Gasteiger partial charge in [-0.25, -0.2) is 0 Å². The Labute approximate surface area is 77.7 Å². The fourth-order valence-corrected chi connectivity index (χ4v) is 1.80. The fourth-order valence-electron chi connectivity index (χ4n) is 0.601. The average molecular weight is 191 g/mol. The highest BCUT2D eigenvalue weighted by Gasteiger charge is 2.09. The molecule has 0 bridgehead atoms. The van der Waals surface area contributed by atoms with Gasteiger partial charge >= 0.3 is 5.97 Å². The SMILES string of the molecule is CC(N)CCSCC(C)C(=O)O. The van der Waals surface area contributed by atoms with Crippen molar-refractivity contribution in [3.8, 4) is 0 Å². The lowest BCUT2D eigenvalue weighted by Gasteiger charge is -2.06.